The van der Waals surface area contributed by atoms with Gasteiger partial charge in [0.25, 0.3) is 0 Å². The minimum absolute atomic E-state index is 0.232. The Bertz CT molecular complexity index is 179. The SMILES string of the molecule is CSCC(O)CNC(=O)OC(C)(C)C. The molecule has 1 atom stereocenters. The van der Waals surface area contributed by atoms with Gasteiger partial charge in [-0.25, -0.2) is 4.79 Å². The molecule has 5 heteroatoms. The first-order valence-electron chi connectivity index (χ1n) is 4.49. The van der Waals surface area contributed by atoms with Crippen LogP contribution in [0.4, 0.5) is 4.79 Å². The zero-order chi connectivity index (χ0) is 11.2. The van der Waals surface area contributed by atoms with E-state index in [0.29, 0.717) is 5.75 Å². The van der Waals surface area contributed by atoms with Crippen molar-refractivity contribution in [2.45, 2.75) is 32.5 Å². The third-order valence-corrected chi connectivity index (χ3v) is 1.96. The van der Waals surface area contributed by atoms with Crippen molar-refractivity contribution in [3.05, 3.63) is 0 Å². The van der Waals surface area contributed by atoms with E-state index >= 15 is 0 Å². The quantitative estimate of drug-likeness (QED) is 0.750. The first-order chi connectivity index (χ1) is 6.35. The number of rotatable bonds is 4. The van der Waals surface area contributed by atoms with E-state index in [1.54, 1.807) is 20.8 Å². The fourth-order valence-electron chi connectivity index (χ4n) is 0.767. The largest absolute Gasteiger partial charge is 0.444 e. The molecule has 0 aromatic rings. The molecule has 0 fully saturated rings. The normalized spacial score (nSPS) is 13.5. The van der Waals surface area contributed by atoms with Crippen molar-refractivity contribution in [1.29, 1.82) is 0 Å². The van der Waals surface area contributed by atoms with Crippen LogP contribution in [0, 0.1) is 0 Å². The summed E-state index contributed by atoms with van der Waals surface area (Å²) in [6.07, 6.45) is 0.895. The molecule has 0 saturated heterocycles. The van der Waals surface area contributed by atoms with Crippen LogP contribution >= 0.6 is 11.8 Å². The van der Waals surface area contributed by atoms with Gasteiger partial charge in [-0.3, -0.25) is 0 Å². The highest BCUT2D eigenvalue weighted by Gasteiger charge is 2.16. The van der Waals surface area contributed by atoms with Crippen LogP contribution in [0.3, 0.4) is 0 Å². The molecule has 0 aliphatic carbocycles. The molecule has 0 bridgehead atoms. The predicted molar refractivity (Wildman–Crippen MR) is 58.6 cm³/mol. The zero-order valence-corrected chi connectivity index (χ0v) is 9.98. The maximum atomic E-state index is 11.1. The number of amides is 1. The molecular weight excluding hydrogens is 202 g/mol. The fraction of sp³-hybridized carbons (Fsp3) is 0.889. The average Bonchev–Trinajstić information content (AvgIpc) is 1.98. The van der Waals surface area contributed by atoms with E-state index in [4.69, 9.17) is 4.74 Å². The molecule has 0 radical (unpaired) electrons. The summed E-state index contributed by atoms with van der Waals surface area (Å²) in [7, 11) is 0. The second-order valence-corrected chi connectivity index (χ2v) is 4.90. The van der Waals surface area contributed by atoms with Crippen molar-refractivity contribution >= 4 is 17.9 Å². The Hall–Kier alpha value is -0.420. The molecule has 1 unspecified atom stereocenters. The van der Waals surface area contributed by atoms with Gasteiger partial charge in [-0.2, -0.15) is 11.8 Å². The molecule has 2 N–H and O–H groups in total. The zero-order valence-electron chi connectivity index (χ0n) is 9.16. The standard InChI is InChI=1S/C9H19NO3S/c1-9(2,3)13-8(12)10-5-7(11)6-14-4/h7,11H,5-6H2,1-4H3,(H,10,12). The number of carbonyl (C=O) groups is 1. The van der Waals surface area contributed by atoms with Crippen molar-refractivity contribution in [2.24, 2.45) is 0 Å². The fourth-order valence-corrected chi connectivity index (χ4v) is 1.27. The van der Waals surface area contributed by atoms with Crippen molar-refractivity contribution in [3.63, 3.8) is 0 Å². The molecule has 0 aromatic carbocycles. The lowest BCUT2D eigenvalue weighted by Crippen LogP contribution is -2.37. The van der Waals surface area contributed by atoms with Crippen LogP contribution in [0.2, 0.25) is 0 Å². The van der Waals surface area contributed by atoms with Crippen LogP contribution in [-0.2, 0) is 4.74 Å². The second kappa shape index (κ2) is 6.14. The Labute approximate surface area is 89.4 Å². The highest BCUT2D eigenvalue weighted by Crippen LogP contribution is 2.06. The molecule has 1 amide bonds. The number of aliphatic hydroxyl groups excluding tert-OH is 1. The van der Waals surface area contributed by atoms with Crippen LogP contribution in [0.1, 0.15) is 20.8 Å². The molecule has 84 valence electrons. The average molecular weight is 221 g/mol. The summed E-state index contributed by atoms with van der Waals surface area (Å²) in [6.45, 7) is 5.62. The molecular formula is C9H19NO3S. The number of hydrogen-bond donors (Lipinski definition) is 2. The number of alkyl carbamates (subject to hydrolysis) is 1. The third kappa shape index (κ3) is 8.19. The number of thioether (sulfide) groups is 1. The summed E-state index contributed by atoms with van der Waals surface area (Å²) >= 11 is 1.53. The minimum Gasteiger partial charge on any atom is -0.444 e. The second-order valence-electron chi connectivity index (χ2n) is 3.99. The molecule has 0 aromatic heterocycles. The summed E-state index contributed by atoms with van der Waals surface area (Å²) < 4.78 is 5.00. The van der Waals surface area contributed by atoms with E-state index in [9.17, 15) is 9.90 Å². The van der Waals surface area contributed by atoms with Gasteiger partial charge < -0.3 is 15.2 Å². The molecule has 4 nitrogen and oxygen atoms in total. The van der Waals surface area contributed by atoms with E-state index in [-0.39, 0.29) is 6.54 Å². The molecule has 0 saturated carbocycles. The number of carbonyl (C=O) groups excluding carboxylic acids is 1. The van der Waals surface area contributed by atoms with Gasteiger partial charge in [0.1, 0.15) is 5.60 Å². The van der Waals surface area contributed by atoms with Crippen LogP contribution < -0.4 is 5.32 Å². The van der Waals surface area contributed by atoms with E-state index in [1.165, 1.54) is 11.8 Å². The Morgan fingerprint density at radius 2 is 2.14 bits per heavy atom. The number of aliphatic hydroxyl groups is 1. The summed E-state index contributed by atoms with van der Waals surface area (Å²) in [5.41, 5.74) is -0.492. The Morgan fingerprint density at radius 1 is 1.57 bits per heavy atom. The number of hydrogen-bond acceptors (Lipinski definition) is 4. The summed E-state index contributed by atoms with van der Waals surface area (Å²) in [4.78, 5) is 11.1. The minimum atomic E-state index is -0.516. The molecule has 0 rings (SSSR count). The molecule has 0 aliphatic heterocycles. The van der Waals surface area contributed by atoms with Crippen LogP contribution in [0.5, 0.6) is 0 Å². The van der Waals surface area contributed by atoms with Crippen molar-refractivity contribution in [3.8, 4) is 0 Å². The van der Waals surface area contributed by atoms with Gasteiger partial charge in [-0.15, -0.1) is 0 Å². The highest BCUT2D eigenvalue weighted by molar-refractivity contribution is 7.98. The van der Waals surface area contributed by atoms with E-state index < -0.39 is 17.8 Å². The molecule has 0 aliphatic rings. The highest BCUT2D eigenvalue weighted by atomic mass is 32.2. The predicted octanol–water partition coefficient (Wildman–Crippen LogP) is 1.24. The van der Waals surface area contributed by atoms with Gasteiger partial charge in [0.05, 0.1) is 6.10 Å². The topological polar surface area (TPSA) is 58.6 Å². The van der Waals surface area contributed by atoms with Crippen LogP contribution in [-0.4, -0.2) is 41.5 Å². The van der Waals surface area contributed by atoms with Gasteiger partial charge in [-0.05, 0) is 27.0 Å². The Kier molecular flexibility index (Phi) is 5.95. The monoisotopic (exact) mass is 221 g/mol. The lowest BCUT2D eigenvalue weighted by Gasteiger charge is -2.20. The van der Waals surface area contributed by atoms with Crippen molar-refractivity contribution in [1.82, 2.24) is 5.32 Å². The van der Waals surface area contributed by atoms with Crippen LogP contribution in [0.15, 0.2) is 0 Å². The van der Waals surface area contributed by atoms with Crippen molar-refractivity contribution < 1.29 is 14.6 Å². The number of ether oxygens (including phenoxy) is 1. The molecule has 0 spiro atoms. The van der Waals surface area contributed by atoms with Gasteiger partial charge in [0.15, 0.2) is 0 Å². The van der Waals surface area contributed by atoms with E-state index in [0.717, 1.165) is 0 Å². The lowest BCUT2D eigenvalue weighted by atomic mass is 10.2. The molecule has 14 heavy (non-hydrogen) atoms. The van der Waals surface area contributed by atoms with Gasteiger partial charge >= 0.3 is 6.09 Å². The van der Waals surface area contributed by atoms with Crippen LogP contribution in [0.25, 0.3) is 0 Å². The van der Waals surface area contributed by atoms with Gasteiger partial charge in [0, 0.05) is 12.3 Å². The van der Waals surface area contributed by atoms with E-state index in [1.807, 2.05) is 6.26 Å². The summed E-state index contributed by atoms with van der Waals surface area (Å²) in [6, 6.07) is 0. The number of nitrogens with one attached hydrogen (secondary N) is 1. The summed E-state index contributed by atoms with van der Waals surface area (Å²) in [5.74, 6) is 0.607. The lowest BCUT2D eigenvalue weighted by molar-refractivity contribution is 0.0499. The van der Waals surface area contributed by atoms with Gasteiger partial charge in [0.2, 0.25) is 0 Å². The first kappa shape index (κ1) is 13.6. The van der Waals surface area contributed by atoms with E-state index in [2.05, 4.69) is 5.32 Å². The Balaban J connectivity index is 3.64. The smallest absolute Gasteiger partial charge is 0.407 e. The first-order valence-corrected chi connectivity index (χ1v) is 5.88. The maximum absolute atomic E-state index is 11.1. The van der Waals surface area contributed by atoms with Crippen molar-refractivity contribution in [2.75, 3.05) is 18.6 Å². The van der Waals surface area contributed by atoms with Gasteiger partial charge in [-0.1, -0.05) is 0 Å². The molecule has 0 heterocycles. The third-order valence-electron chi connectivity index (χ3n) is 1.24. The maximum Gasteiger partial charge on any atom is 0.407 e. The summed E-state index contributed by atoms with van der Waals surface area (Å²) in [5, 5.41) is 11.8. The Morgan fingerprint density at radius 3 is 2.57 bits per heavy atom.